The van der Waals surface area contributed by atoms with Crippen molar-refractivity contribution in [1.82, 2.24) is 9.97 Å². The molecule has 2 rings (SSSR count). The Morgan fingerprint density at radius 1 is 1.19 bits per heavy atom. The van der Waals surface area contributed by atoms with Crippen molar-refractivity contribution in [3.05, 3.63) is 40.4 Å². The molecule has 0 radical (unpaired) electrons. The van der Waals surface area contributed by atoms with Crippen LogP contribution in [0.25, 0.3) is 10.9 Å². The molecule has 0 atom stereocenters. The van der Waals surface area contributed by atoms with E-state index in [-0.39, 0.29) is 11.5 Å². The summed E-state index contributed by atoms with van der Waals surface area (Å²) in [6.45, 7) is 0. The number of benzene rings is 1. The summed E-state index contributed by atoms with van der Waals surface area (Å²) in [5.74, 6) is 0.571. The fourth-order valence-corrected chi connectivity index (χ4v) is 2.27. The molecule has 5 heteroatoms. The van der Waals surface area contributed by atoms with E-state index < -0.39 is 0 Å². The summed E-state index contributed by atoms with van der Waals surface area (Å²) in [6, 6.07) is 7.34. The molecule has 0 aliphatic carbocycles. The first-order valence-electron chi connectivity index (χ1n) is 7.25. The molecule has 1 aromatic carbocycles. The number of nitrogens with zero attached hydrogens (tertiary/aromatic N) is 1. The number of hydrogen-bond acceptors (Lipinski definition) is 4. The number of rotatable bonds is 7. The normalized spacial score (nSPS) is 10.7. The minimum Gasteiger partial charge on any atom is -0.469 e. The van der Waals surface area contributed by atoms with Gasteiger partial charge < -0.3 is 9.72 Å². The summed E-state index contributed by atoms with van der Waals surface area (Å²) in [5, 5.41) is 0.624. The topological polar surface area (TPSA) is 72.0 Å². The van der Waals surface area contributed by atoms with E-state index >= 15 is 0 Å². The van der Waals surface area contributed by atoms with E-state index in [1.807, 2.05) is 18.2 Å². The number of hydrogen-bond donors (Lipinski definition) is 1. The lowest BCUT2D eigenvalue weighted by Gasteiger charge is -2.03. The van der Waals surface area contributed by atoms with Crippen molar-refractivity contribution in [2.75, 3.05) is 7.11 Å². The van der Waals surface area contributed by atoms with Crippen LogP contribution in [-0.4, -0.2) is 23.0 Å². The van der Waals surface area contributed by atoms with Gasteiger partial charge in [-0.15, -0.1) is 0 Å². The molecule has 0 spiro atoms. The van der Waals surface area contributed by atoms with Crippen LogP contribution in [0.3, 0.4) is 0 Å². The maximum absolute atomic E-state index is 11.9. The predicted octanol–water partition coefficient (Wildman–Crippen LogP) is 2.59. The number of unbranched alkanes of at least 4 members (excludes halogenated alkanes) is 3. The average molecular weight is 288 g/mol. The molecule has 0 aliphatic heterocycles. The van der Waals surface area contributed by atoms with Gasteiger partial charge in [-0.05, 0) is 25.0 Å². The van der Waals surface area contributed by atoms with Gasteiger partial charge >= 0.3 is 5.97 Å². The third-order valence-electron chi connectivity index (χ3n) is 3.43. The Morgan fingerprint density at radius 3 is 2.76 bits per heavy atom. The Balaban J connectivity index is 1.81. The number of methoxy groups -OCH3 is 1. The van der Waals surface area contributed by atoms with Gasteiger partial charge in [-0.2, -0.15) is 0 Å². The number of carbonyl (C=O) groups excluding carboxylic acids is 1. The van der Waals surface area contributed by atoms with Gasteiger partial charge in [0.1, 0.15) is 5.82 Å². The van der Waals surface area contributed by atoms with Gasteiger partial charge in [0.25, 0.3) is 5.56 Å². The van der Waals surface area contributed by atoms with Crippen LogP contribution in [0.1, 0.15) is 37.9 Å². The van der Waals surface area contributed by atoms with E-state index in [1.54, 1.807) is 6.07 Å². The molecule has 0 amide bonds. The number of aromatic nitrogens is 2. The highest BCUT2D eigenvalue weighted by molar-refractivity contribution is 5.77. The van der Waals surface area contributed by atoms with Crippen LogP contribution in [0.5, 0.6) is 0 Å². The van der Waals surface area contributed by atoms with Gasteiger partial charge in [0, 0.05) is 12.8 Å². The zero-order chi connectivity index (χ0) is 15.1. The van der Waals surface area contributed by atoms with Crippen molar-refractivity contribution in [1.29, 1.82) is 0 Å². The van der Waals surface area contributed by atoms with Crippen molar-refractivity contribution < 1.29 is 9.53 Å². The number of carbonyl (C=O) groups is 1. The quantitative estimate of drug-likeness (QED) is 0.628. The Morgan fingerprint density at radius 2 is 1.95 bits per heavy atom. The van der Waals surface area contributed by atoms with Crippen molar-refractivity contribution in [2.45, 2.75) is 38.5 Å². The number of fused-ring (bicyclic) bond motifs is 1. The number of H-pyrrole nitrogens is 1. The highest BCUT2D eigenvalue weighted by Gasteiger charge is 2.03. The molecule has 2 aromatic rings. The molecule has 0 saturated carbocycles. The van der Waals surface area contributed by atoms with Gasteiger partial charge in [0.2, 0.25) is 0 Å². The lowest BCUT2D eigenvalue weighted by Crippen LogP contribution is -2.11. The van der Waals surface area contributed by atoms with Crippen LogP contribution in [0.15, 0.2) is 29.1 Å². The minimum atomic E-state index is -0.157. The highest BCUT2D eigenvalue weighted by Crippen LogP contribution is 2.09. The van der Waals surface area contributed by atoms with Gasteiger partial charge in [-0.1, -0.05) is 25.0 Å². The van der Waals surface area contributed by atoms with Crippen molar-refractivity contribution in [3.63, 3.8) is 0 Å². The molecule has 0 bridgehead atoms. The predicted molar refractivity (Wildman–Crippen MR) is 81.2 cm³/mol. The van der Waals surface area contributed by atoms with E-state index in [4.69, 9.17) is 0 Å². The number of aryl methyl sites for hydroxylation is 1. The number of aromatic amines is 1. The van der Waals surface area contributed by atoms with Crippen molar-refractivity contribution in [3.8, 4) is 0 Å². The second-order valence-corrected chi connectivity index (χ2v) is 5.02. The van der Waals surface area contributed by atoms with Crippen LogP contribution < -0.4 is 5.56 Å². The van der Waals surface area contributed by atoms with Crippen LogP contribution in [0.2, 0.25) is 0 Å². The van der Waals surface area contributed by atoms with Gasteiger partial charge in [0.05, 0.1) is 18.0 Å². The fourth-order valence-electron chi connectivity index (χ4n) is 2.27. The zero-order valence-electron chi connectivity index (χ0n) is 12.2. The molecule has 1 heterocycles. The molecular formula is C16H20N2O3. The minimum absolute atomic E-state index is 0.0821. The highest BCUT2D eigenvalue weighted by atomic mass is 16.5. The summed E-state index contributed by atoms with van der Waals surface area (Å²) < 4.78 is 4.59. The number of nitrogens with one attached hydrogen (secondary N) is 1. The maximum atomic E-state index is 11.9. The van der Waals surface area contributed by atoms with E-state index in [1.165, 1.54) is 7.11 Å². The summed E-state index contributed by atoms with van der Waals surface area (Å²) >= 11 is 0. The van der Waals surface area contributed by atoms with E-state index in [9.17, 15) is 9.59 Å². The molecule has 0 fully saturated rings. The molecule has 112 valence electrons. The standard InChI is InChI=1S/C16H20N2O3/c1-21-15(19)11-5-3-2-4-10-14-17-13-9-7-6-8-12(13)16(20)18-14/h6-9H,2-5,10-11H2,1H3,(H,17,18,20). The lowest BCUT2D eigenvalue weighted by atomic mass is 10.1. The summed E-state index contributed by atoms with van der Waals surface area (Å²) in [6.07, 6.45) is 5.00. The Labute approximate surface area is 123 Å². The maximum Gasteiger partial charge on any atom is 0.305 e. The smallest absolute Gasteiger partial charge is 0.305 e. The molecule has 5 nitrogen and oxygen atoms in total. The van der Waals surface area contributed by atoms with Crippen molar-refractivity contribution in [2.24, 2.45) is 0 Å². The van der Waals surface area contributed by atoms with E-state index in [0.717, 1.165) is 43.4 Å². The van der Waals surface area contributed by atoms with Crippen LogP contribution >= 0.6 is 0 Å². The zero-order valence-corrected chi connectivity index (χ0v) is 12.2. The molecular weight excluding hydrogens is 268 g/mol. The Hall–Kier alpha value is -2.17. The molecule has 0 saturated heterocycles. The first kappa shape index (κ1) is 15.2. The molecule has 21 heavy (non-hydrogen) atoms. The second kappa shape index (κ2) is 7.57. The number of para-hydroxylation sites is 1. The second-order valence-electron chi connectivity index (χ2n) is 5.02. The van der Waals surface area contributed by atoms with E-state index in [2.05, 4.69) is 14.7 Å². The largest absolute Gasteiger partial charge is 0.469 e. The summed E-state index contributed by atoms with van der Waals surface area (Å²) in [4.78, 5) is 30.1. The van der Waals surface area contributed by atoms with Crippen molar-refractivity contribution >= 4 is 16.9 Å². The molecule has 0 unspecified atom stereocenters. The molecule has 1 N–H and O–H groups in total. The van der Waals surface area contributed by atoms with E-state index in [0.29, 0.717) is 11.8 Å². The lowest BCUT2D eigenvalue weighted by molar-refractivity contribution is -0.140. The van der Waals surface area contributed by atoms with Crippen LogP contribution in [0, 0.1) is 0 Å². The average Bonchev–Trinajstić information content (AvgIpc) is 2.50. The summed E-state index contributed by atoms with van der Waals surface area (Å²) in [7, 11) is 1.41. The molecule has 1 aromatic heterocycles. The SMILES string of the molecule is COC(=O)CCCCCCc1nc2ccccc2c(=O)[nH]1. The van der Waals surface area contributed by atoms with Gasteiger partial charge in [0.15, 0.2) is 0 Å². The Kier molecular flexibility index (Phi) is 5.49. The molecule has 0 aliphatic rings. The van der Waals surface area contributed by atoms with Gasteiger partial charge in [-0.3, -0.25) is 9.59 Å². The first-order valence-corrected chi connectivity index (χ1v) is 7.25. The fraction of sp³-hybridized carbons (Fsp3) is 0.438. The first-order chi connectivity index (χ1) is 10.2. The summed E-state index contributed by atoms with van der Waals surface area (Å²) in [5.41, 5.74) is 0.656. The monoisotopic (exact) mass is 288 g/mol. The Bertz CT molecular complexity index is 664. The van der Waals surface area contributed by atoms with Gasteiger partial charge in [-0.25, -0.2) is 4.98 Å². The van der Waals surface area contributed by atoms with Crippen LogP contribution in [0.4, 0.5) is 0 Å². The third kappa shape index (κ3) is 4.41. The van der Waals surface area contributed by atoms with Crippen LogP contribution in [-0.2, 0) is 16.0 Å². The number of ether oxygens (including phenoxy) is 1. The number of esters is 1. The third-order valence-corrected chi connectivity index (χ3v) is 3.43.